The summed E-state index contributed by atoms with van der Waals surface area (Å²) >= 11 is 0. The molecule has 1 aliphatic rings. The van der Waals surface area contributed by atoms with Crippen LogP contribution in [-0.2, 0) is 10.0 Å². The van der Waals surface area contributed by atoms with Gasteiger partial charge in [0, 0.05) is 24.2 Å². The second kappa shape index (κ2) is 8.12. The predicted octanol–water partition coefficient (Wildman–Crippen LogP) is 3.83. The van der Waals surface area contributed by atoms with Crippen molar-refractivity contribution in [3.05, 3.63) is 70.2 Å². The molecule has 10 heteroatoms. The van der Waals surface area contributed by atoms with Crippen LogP contribution in [0, 0.1) is 17.0 Å². The van der Waals surface area contributed by atoms with Crippen molar-refractivity contribution in [1.29, 1.82) is 0 Å². The Hall–Kier alpha value is -3.24. The quantitative estimate of drug-likeness (QED) is 0.458. The molecule has 1 aliphatic heterocycles. The fourth-order valence-electron chi connectivity index (χ4n) is 3.91. The lowest BCUT2D eigenvalue weighted by Gasteiger charge is -2.23. The molecule has 3 aromatic rings. The van der Waals surface area contributed by atoms with E-state index in [-0.39, 0.29) is 10.6 Å². The average molecular weight is 442 g/mol. The van der Waals surface area contributed by atoms with E-state index in [2.05, 4.69) is 9.97 Å². The normalized spacial score (nSPS) is 17.0. The number of aromatic amines is 1. The molecule has 1 aromatic heterocycles. The van der Waals surface area contributed by atoms with Crippen molar-refractivity contribution in [3.8, 4) is 17.0 Å². The second-order valence-electron chi connectivity index (χ2n) is 7.39. The van der Waals surface area contributed by atoms with E-state index in [1.807, 2.05) is 24.3 Å². The van der Waals surface area contributed by atoms with E-state index >= 15 is 0 Å². The molecule has 0 aliphatic carbocycles. The van der Waals surface area contributed by atoms with Gasteiger partial charge in [0.15, 0.2) is 0 Å². The Morgan fingerprint density at radius 2 is 2.06 bits per heavy atom. The van der Waals surface area contributed by atoms with Crippen LogP contribution in [0.25, 0.3) is 11.3 Å². The Morgan fingerprint density at radius 1 is 1.26 bits per heavy atom. The maximum absolute atomic E-state index is 13.4. The molecule has 0 bridgehead atoms. The summed E-state index contributed by atoms with van der Waals surface area (Å²) in [6.07, 6.45) is 3.02. The molecule has 1 N–H and O–H groups in total. The first-order valence-corrected chi connectivity index (χ1v) is 11.2. The van der Waals surface area contributed by atoms with Gasteiger partial charge in [0.05, 0.1) is 34.9 Å². The van der Waals surface area contributed by atoms with Gasteiger partial charge in [-0.3, -0.25) is 10.1 Å². The second-order valence-corrected chi connectivity index (χ2v) is 9.25. The van der Waals surface area contributed by atoms with Crippen molar-refractivity contribution >= 4 is 15.7 Å². The molecule has 4 rings (SSSR count). The molecular formula is C21H22N4O5S. The number of nitrogens with zero attached hydrogens (tertiary/aromatic N) is 3. The fraction of sp³-hybridized carbons (Fsp3) is 0.286. The number of methoxy groups -OCH3 is 1. The van der Waals surface area contributed by atoms with Crippen LogP contribution in [0.15, 0.2) is 53.6 Å². The maximum atomic E-state index is 13.4. The number of non-ortho nitro benzene ring substituents is 1. The molecule has 0 saturated carbocycles. The predicted molar refractivity (Wildman–Crippen MR) is 114 cm³/mol. The SMILES string of the molecule is COc1cccc(-c2cnc([C@H]3CCCN3S(=O)(=O)c3ccc([N+](=O)[O-])cc3C)[nH]2)c1. The van der Waals surface area contributed by atoms with E-state index in [0.717, 1.165) is 11.3 Å². The molecule has 1 atom stereocenters. The van der Waals surface area contributed by atoms with Gasteiger partial charge in [0.2, 0.25) is 10.0 Å². The van der Waals surface area contributed by atoms with Gasteiger partial charge < -0.3 is 9.72 Å². The van der Waals surface area contributed by atoms with Crippen molar-refractivity contribution in [2.75, 3.05) is 13.7 Å². The minimum atomic E-state index is -3.84. The van der Waals surface area contributed by atoms with Gasteiger partial charge in [-0.15, -0.1) is 0 Å². The summed E-state index contributed by atoms with van der Waals surface area (Å²) in [5, 5.41) is 11.0. The van der Waals surface area contributed by atoms with Crippen molar-refractivity contribution in [3.63, 3.8) is 0 Å². The molecule has 2 heterocycles. The van der Waals surface area contributed by atoms with Crippen LogP contribution in [0.2, 0.25) is 0 Å². The van der Waals surface area contributed by atoms with Crippen LogP contribution in [0.1, 0.15) is 30.3 Å². The summed E-state index contributed by atoms with van der Waals surface area (Å²) in [4.78, 5) is 18.2. The van der Waals surface area contributed by atoms with E-state index in [1.165, 1.54) is 22.5 Å². The van der Waals surface area contributed by atoms with E-state index in [0.29, 0.717) is 36.5 Å². The molecule has 31 heavy (non-hydrogen) atoms. The van der Waals surface area contributed by atoms with Crippen molar-refractivity contribution in [2.45, 2.75) is 30.7 Å². The summed E-state index contributed by atoms with van der Waals surface area (Å²) < 4.78 is 33.4. The molecule has 1 saturated heterocycles. The van der Waals surface area contributed by atoms with Crippen LogP contribution in [0.3, 0.4) is 0 Å². The molecular weight excluding hydrogens is 420 g/mol. The molecule has 0 unspecified atom stereocenters. The van der Waals surface area contributed by atoms with Crippen molar-refractivity contribution in [1.82, 2.24) is 14.3 Å². The zero-order valence-corrected chi connectivity index (χ0v) is 17.9. The number of nitrogens with one attached hydrogen (secondary N) is 1. The Morgan fingerprint density at radius 3 is 2.77 bits per heavy atom. The molecule has 0 radical (unpaired) electrons. The van der Waals surface area contributed by atoms with Gasteiger partial charge in [-0.2, -0.15) is 4.31 Å². The first kappa shape index (κ1) is 21.0. The molecule has 162 valence electrons. The lowest BCUT2D eigenvalue weighted by molar-refractivity contribution is -0.385. The van der Waals surface area contributed by atoms with E-state index < -0.39 is 21.0 Å². The molecule has 0 amide bonds. The zero-order valence-electron chi connectivity index (χ0n) is 17.1. The first-order valence-electron chi connectivity index (χ1n) is 9.77. The number of imidazole rings is 1. The van der Waals surface area contributed by atoms with Gasteiger partial charge in [0.1, 0.15) is 11.6 Å². The largest absolute Gasteiger partial charge is 0.497 e. The summed E-state index contributed by atoms with van der Waals surface area (Å²) in [5.74, 6) is 1.28. The molecule has 1 fully saturated rings. The average Bonchev–Trinajstić information content (AvgIpc) is 3.43. The summed E-state index contributed by atoms with van der Waals surface area (Å²) in [6.45, 7) is 1.93. The van der Waals surface area contributed by atoms with E-state index in [1.54, 1.807) is 20.2 Å². The minimum Gasteiger partial charge on any atom is -0.497 e. The highest BCUT2D eigenvalue weighted by molar-refractivity contribution is 7.89. The third-order valence-electron chi connectivity index (χ3n) is 5.45. The van der Waals surface area contributed by atoms with Crippen LogP contribution in [0.4, 0.5) is 5.69 Å². The number of ether oxygens (including phenoxy) is 1. The van der Waals surface area contributed by atoms with Gasteiger partial charge in [-0.05, 0) is 43.5 Å². The van der Waals surface area contributed by atoms with Crippen molar-refractivity contribution in [2.24, 2.45) is 0 Å². The maximum Gasteiger partial charge on any atom is 0.269 e. The zero-order chi connectivity index (χ0) is 22.2. The van der Waals surface area contributed by atoms with Crippen LogP contribution in [-0.4, -0.2) is 41.3 Å². The van der Waals surface area contributed by atoms with Gasteiger partial charge in [-0.1, -0.05) is 12.1 Å². The smallest absolute Gasteiger partial charge is 0.269 e. The monoisotopic (exact) mass is 442 g/mol. The summed E-state index contributed by atoms with van der Waals surface area (Å²) in [6, 6.07) is 10.9. The highest BCUT2D eigenvalue weighted by Gasteiger charge is 2.38. The highest BCUT2D eigenvalue weighted by Crippen LogP contribution is 2.37. The third-order valence-corrected chi connectivity index (χ3v) is 7.52. The van der Waals surface area contributed by atoms with Crippen LogP contribution in [0.5, 0.6) is 5.75 Å². The number of nitro groups is 1. The van der Waals surface area contributed by atoms with Crippen LogP contribution < -0.4 is 4.74 Å². The first-order chi connectivity index (χ1) is 14.8. The number of hydrogen-bond acceptors (Lipinski definition) is 6. The van der Waals surface area contributed by atoms with Gasteiger partial charge >= 0.3 is 0 Å². The number of sulfonamides is 1. The fourth-order valence-corrected chi connectivity index (χ4v) is 5.78. The Bertz CT molecular complexity index is 1240. The summed E-state index contributed by atoms with van der Waals surface area (Å²) in [7, 11) is -2.25. The Labute approximate surface area is 179 Å². The molecule has 9 nitrogen and oxygen atoms in total. The number of H-pyrrole nitrogens is 1. The number of nitro benzene ring substituents is 1. The van der Waals surface area contributed by atoms with E-state index in [9.17, 15) is 18.5 Å². The lowest BCUT2D eigenvalue weighted by atomic mass is 10.1. The van der Waals surface area contributed by atoms with Gasteiger partial charge in [-0.25, -0.2) is 13.4 Å². The van der Waals surface area contributed by atoms with Crippen molar-refractivity contribution < 1.29 is 18.1 Å². The van der Waals surface area contributed by atoms with Gasteiger partial charge in [0.25, 0.3) is 5.69 Å². The summed E-state index contributed by atoms with van der Waals surface area (Å²) in [5.41, 5.74) is 1.86. The van der Waals surface area contributed by atoms with E-state index in [4.69, 9.17) is 4.74 Å². The standard InChI is InChI=1S/C21H22N4O5S/c1-14-11-16(25(26)27)8-9-20(14)31(28,29)24-10-4-7-19(24)21-22-13-18(23-21)15-5-3-6-17(12-15)30-2/h3,5-6,8-9,11-13,19H,4,7,10H2,1-2H3,(H,22,23)/t19-/m1/s1. The number of rotatable bonds is 6. The number of aryl methyl sites for hydroxylation is 1. The Balaban J connectivity index is 1.65. The Kier molecular flexibility index (Phi) is 5.50. The lowest BCUT2D eigenvalue weighted by Crippen LogP contribution is -2.31. The molecule has 2 aromatic carbocycles. The third kappa shape index (κ3) is 3.91. The number of aromatic nitrogens is 2. The van der Waals surface area contributed by atoms with Crippen LogP contribution >= 0.6 is 0 Å². The topological polar surface area (TPSA) is 118 Å². The highest BCUT2D eigenvalue weighted by atomic mass is 32.2. The molecule has 0 spiro atoms. The number of hydrogen-bond donors (Lipinski definition) is 1. The minimum absolute atomic E-state index is 0.0737. The number of benzene rings is 2.